The average Bonchev–Trinajstić information content (AvgIpc) is 2.19. The highest BCUT2D eigenvalue weighted by Crippen LogP contribution is 2.13. The molecule has 1 aromatic heterocycles. The van der Waals surface area contributed by atoms with Crippen LogP contribution in [-0.2, 0) is 6.42 Å². The Balaban J connectivity index is 2.19. The lowest BCUT2D eigenvalue weighted by Crippen LogP contribution is -1.89. The van der Waals surface area contributed by atoms with Crippen molar-refractivity contribution in [1.82, 2.24) is 9.97 Å². The number of aromatic nitrogens is 2. The molecule has 1 heterocycles. The van der Waals surface area contributed by atoms with Crippen molar-refractivity contribution in [3.63, 3.8) is 0 Å². The van der Waals surface area contributed by atoms with Gasteiger partial charge in [0.2, 0.25) is 0 Å². The standard InChI is InChI=1S/C11H9ClN2/c12-11-3-1-2-9(5-11)4-10-6-13-8-14-7-10/h1-3,5-8H,4H2. The maximum atomic E-state index is 5.88. The van der Waals surface area contributed by atoms with Crippen LogP contribution in [0.4, 0.5) is 0 Å². The second-order valence-corrected chi connectivity index (χ2v) is 3.49. The lowest BCUT2D eigenvalue weighted by Gasteiger charge is -2.00. The van der Waals surface area contributed by atoms with Gasteiger partial charge >= 0.3 is 0 Å². The van der Waals surface area contributed by atoms with Crippen LogP contribution in [0.1, 0.15) is 11.1 Å². The molecule has 14 heavy (non-hydrogen) atoms. The SMILES string of the molecule is Clc1cccc(Cc2cncnc2)c1. The first-order valence-electron chi connectivity index (χ1n) is 4.33. The summed E-state index contributed by atoms with van der Waals surface area (Å²) in [6.45, 7) is 0. The van der Waals surface area contributed by atoms with Crippen LogP contribution >= 0.6 is 11.6 Å². The molecule has 0 aliphatic carbocycles. The molecule has 3 heteroatoms. The normalized spacial score (nSPS) is 10.1. The van der Waals surface area contributed by atoms with Gasteiger partial charge < -0.3 is 0 Å². The molecule has 0 saturated heterocycles. The zero-order valence-corrected chi connectivity index (χ0v) is 8.28. The van der Waals surface area contributed by atoms with Crippen molar-refractivity contribution in [2.75, 3.05) is 0 Å². The number of rotatable bonds is 2. The maximum absolute atomic E-state index is 5.88. The van der Waals surface area contributed by atoms with Gasteiger partial charge in [-0.25, -0.2) is 9.97 Å². The Morgan fingerprint density at radius 2 is 1.86 bits per heavy atom. The Morgan fingerprint density at radius 1 is 1.07 bits per heavy atom. The van der Waals surface area contributed by atoms with Crippen molar-refractivity contribution in [2.24, 2.45) is 0 Å². The van der Waals surface area contributed by atoms with Crippen molar-refractivity contribution >= 4 is 11.6 Å². The van der Waals surface area contributed by atoms with Crippen LogP contribution < -0.4 is 0 Å². The second kappa shape index (κ2) is 4.20. The van der Waals surface area contributed by atoms with E-state index in [1.165, 1.54) is 11.9 Å². The molecule has 0 radical (unpaired) electrons. The van der Waals surface area contributed by atoms with Crippen LogP contribution in [0.3, 0.4) is 0 Å². The molecule has 70 valence electrons. The zero-order chi connectivity index (χ0) is 9.80. The van der Waals surface area contributed by atoms with Crippen LogP contribution in [0.5, 0.6) is 0 Å². The summed E-state index contributed by atoms with van der Waals surface area (Å²) in [6.07, 6.45) is 5.98. The van der Waals surface area contributed by atoms with Gasteiger partial charge in [-0.3, -0.25) is 0 Å². The van der Waals surface area contributed by atoms with Gasteiger partial charge in [-0.15, -0.1) is 0 Å². The van der Waals surface area contributed by atoms with E-state index in [1.807, 2.05) is 36.7 Å². The van der Waals surface area contributed by atoms with Gasteiger partial charge in [0.1, 0.15) is 6.33 Å². The molecule has 0 amide bonds. The summed E-state index contributed by atoms with van der Waals surface area (Å²) in [6, 6.07) is 7.81. The van der Waals surface area contributed by atoms with E-state index >= 15 is 0 Å². The van der Waals surface area contributed by atoms with E-state index in [9.17, 15) is 0 Å². The monoisotopic (exact) mass is 204 g/mol. The van der Waals surface area contributed by atoms with Gasteiger partial charge in [0.05, 0.1) is 0 Å². The fraction of sp³-hybridized carbons (Fsp3) is 0.0909. The van der Waals surface area contributed by atoms with E-state index in [0.717, 1.165) is 17.0 Å². The molecule has 2 rings (SSSR count). The highest BCUT2D eigenvalue weighted by Gasteiger charge is 1.96. The highest BCUT2D eigenvalue weighted by atomic mass is 35.5. The Kier molecular flexibility index (Phi) is 2.75. The summed E-state index contributed by atoms with van der Waals surface area (Å²) in [5.41, 5.74) is 2.27. The summed E-state index contributed by atoms with van der Waals surface area (Å²) in [5.74, 6) is 0. The lowest BCUT2D eigenvalue weighted by atomic mass is 10.1. The van der Waals surface area contributed by atoms with Crippen molar-refractivity contribution in [3.05, 3.63) is 59.1 Å². The van der Waals surface area contributed by atoms with Gasteiger partial charge in [-0.1, -0.05) is 23.7 Å². The van der Waals surface area contributed by atoms with Crippen molar-refractivity contribution in [2.45, 2.75) is 6.42 Å². The smallest absolute Gasteiger partial charge is 0.115 e. The molecule has 0 N–H and O–H groups in total. The van der Waals surface area contributed by atoms with E-state index in [1.54, 1.807) is 0 Å². The third kappa shape index (κ3) is 2.30. The van der Waals surface area contributed by atoms with Crippen molar-refractivity contribution in [3.8, 4) is 0 Å². The molecular weight excluding hydrogens is 196 g/mol. The van der Waals surface area contributed by atoms with E-state index in [-0.39, 0.29) is 0 Å². The second-order valence-electron chi connectivity index (χ2n) is 3.05. The minimum absolute atomic E-state index is 0.763. The van der Waals surface area contributed by atoms with Crippen LogP contribution in [0, 0.1) is 0 Å². The zero-order valence-electron chi connectivity index (χ0n) is 7.52. The molecule has 0 bridgehead atoms. The third-order valence-corrected chi connectivity index (χ3v) is 2.15. The molecule has 0 atom stereocenters. The maximum Gasteiger partial charge on any atom is 0.115 e. The molecule has 0 aliphatic rings. The van der Waals surface area contributed by atoms with E-state index in [2.05, 4.69) is 9.97 Å². The first-order chi connectivity index (χ1) is 6.84. The van der Waals surface area contributed by atoms with E-state index < -0.39 is 0 Å². The summed E-state index contributed by atoms with van der Waals surface area (Å²) in [5, 5.41) is 0.763. The number of benzene rings is 1. The molecule has 2 nitrogen and oxygen atoms in total. The summed E-state index contributed by atoms with van der Waals surface area (Å²) >= 11 is 5.88. The Morgan fingerprint density at radius 3 is 2.57 bits per heavy atom. The number of hydrogen-bond acceptors (Lipinski definition) is 2. The van der Waals surface area contributed by atoms with Crippen molar-refractivity contribution in [1.29, 1.82) is 0 Å². The number of hydrogen-bond donors (Lipinski definition) is 0. The predicted octanol–water partition coefficient (Wildman–Crippen LogP) is 2.72. The Hall–Kier alpha value is -1.41. The van der Waals surface area contributed by atoms with Crippen molar-refractivity contribution < 1.29 is 0 Å². The quantitative estimate of drug-likeness (QED) is 0.752. The molecular formula is C11H9ClN2. The number of nitrogens with zero attached hydrogens (tertiary/aromatic N) is 2. The van der Waals surface area contributed by atoms with Crippen LogP contribution in [0.2, 0.25) is 5.02 Å². The third-order valence-electron chi connectivity index (χ3n) is 1.91. The van der Waals surface area contributed by atoms with Gasteiger partial charge in [-0.05, 0) is 23.3 Å². The predicted molar refractivity (Wildman–Crippen MR) is 56.3 cm³/mol. The Labute approximate surface area is 87.6 Å². The van der Waals surface area contributed by atoms with Gasteiger partial charge in [0, 0.05) is 23.8 Å². The largest absolute Gasteiger partial charge is 0.245 e. The van der Waals surface area contributed by atoms with E-state index in [0.29, 0.717) is 0 Å². The molecule has 0 spiro atoms. The van der Waals surface area contributed by atoms with Gasteiger partial charge in [-0.2, -0.15) is 0 Å². The van der Waals surface area contributed by atoms with Gasteiger partial charge in [0.15, 0.2) is 0 Å². The van der Waals surface area contributed by atoms with E-state index in [4.69, 9.17) is 11.6 Å². The first-order valence-corrected chi connectivity index (χ1v) is 4.71. The fourth-order valence-corrected chi connectivity index (χ4v) is 1.52. The topological polar surface area (TPSA) is 25.8 Å². The molecule has 0 saturated carbocycles. The van der Waals surface area contributed by atoms with Crippen LogP contribution in [0.15, 0.2) is 43.0 Å². The summed E-state index contributed by atoms with van der Waals surface area (Å²) in [4.78, 5) is 7.92. The van der Waals surface area contributed by atoms with Crippen LogP contribution in [-0.4, -0.2) is 9.97 Å². The number of halogens is 1. The highest BCUT2D eigenvalue weighted by molar-refractivity contribution is 6.30. The molecule has 0 fully saturated rings. The fourth-order valence-electron chi connectivity index (χ4n) is 1.30. The summed E-state index contributed by atoms with van der Waals surface area (Å²) < 4.78 is 0. The molecule has 1 aromatic carbocycles. The molecule has 0 unspecified atom stereocenters. The summed E-state index contributed by atoms with van der Waals surface area (Å²) in [7, 11) is 0. The first kappa shape index (κ1) is 9.16. The van der Waals surface area contributed by atoms with Gasteiger partial charge in [0.25, 0.3) is 0 Å². The van der Waals surface area contributed by atoms with Crippen LogP contribution in [0.25, 0.3) is 0 Å². The molecule has 2 aromatic rings. The minimum Gasteiger partial charge on any atom is -0.245 e. The molecule has 0 aliphatic heterocycles. The Bertz CT molecular complexity index is 415. The average molecular weight is 205 g/mol. The minimum atomic E-state index is 0.763. The lowest BCUT2D eigenvalue weighted by molar-refractivity contribution is 1.07.